The maximum absolute atomic E-state index is 9.79. The minimum Gasteiger partial charge on any atom is -0.507 e. The second-order valence-electron chi connectivity index (χ2n) is 3.74. The average molecular weight is 344 g/mol. The molecule has 0 aromatic heterocycles. The van der Waals surface area contributed by atoms with Crippen LogP contribution >= 0.6 is 58.0 Å². The molecule has 1 N–H and O–H groups in total. The Balaban J connectivity index is 2.66. The molecule has 1 aromatic carbocycles. The van der Waals surface area contributed by atoms with E-state index in [1.54, 1.807) is 0 Å². The van der Waals surface area contributed by atoms with Crippen molar-refractivity contribution in [2.24, 2.45) is 0 Å². The number of aliphatic hydroxyl groups excluding tert-OH is 1. The van der Waals surface area contributed by atoms with Gasteiger partial charge in [0.25, 0.3) is 0 Å². The van der Waals surface area contributed by atoms with Crippen molar-refractivity contribution in [3.63, 3.8) is 0 Å². The molecule has 1 aliphatic rings. The predicted octanol–water partition coefficient (Wildman–Crippen LogP) is 5.44. The number of alkyl halides is 3. The van der Waals surface area contributed by atoms with Crippen molar-refractivity contribution < 1.29 is 5.11 Å². The van der Waals surface area contributed by atoms with Gasteiger partial charge in [0.1, 0.15) is 10.4 Å². The summed E-state index contributed by atoms with van der Waals surface area (Å²) in [7, 11) is 0. The molecule has 0 radical (unpaired) electrons. The van der Waals surface area contributed by atoms with Crippen molar-refractivity contribution in [3.05, 3.63) is 51.7 Å². The van der Waals surface area contributed by atoms with Crippen LogP contribution in [0, 0.1) is 0 Å². The third-order valence-electron chi connectivity index (χ3n) is 2.61. The number of rotatable bonds is 1. The van der Waals surface area contributed by atoms with Gasteiger partial charge in [-0.25, -0.2) is 0 Å². The maximum atomic E-state index is 9.79. The van der Waals surface area contributed by atoms with Crippen molar-refractivity contribution in [1.29, 1.82) is 0 Å². The normalized spacial score (nSPS) is 23.5. The van der Waals surface area contributed by atoms with Crippen LogP contribution < -0.4 is 0 Å². The van der Waals surface area contributed by atoms with Crippen molar-refractivity contribution in [2.45, 2.75) is 9.71 Å². The molecule has 2 rings (SSSR count). The number of benzene rings is 1. The van der Waals surface area contributed by atoms with Gasteiger partial charge in [-0.2, -0.15) is 0 Å². The molecule has 1 aliphatic carbocycles. The molecule has 96 valence electrons. The van der Waals surface area contributed by atoms with E-state index in [0.29, 0.717) is 5.57 Å². The van der Waals surface area contributed by atoms with E-state index >= 15 is 0 Å². The largest absolute Gasteiger partial charge is 0.507 e. The lowest BCUT2D eigenvalue weighted by molar-refractivity contribution is 0.378. The van der Waals surface area contributed by atoms with Crippen LogP contribution in [0.2, 0.25) is 0 Å². The number of allylic oxidation sites excluding steroid dienone is 4. The minimum absolute atomic E-state index is 0.0857. The Hall–Kier alpha value is -0.0500. The van der Waals surface area contributed by atoms with E-state index in [1.165, 1.54) is 0 Å². The highest BCUT2D eigenvalue weighted by atomic mass is 35.5. The summed E-state index contributed by atoms with van der Waals surface area (Å²) < 4.78 is -1.71. The molecule has 0 bridgehead atoms. The van der Waals surface area contributed by atoms with Gasteiger partial charge in [0.05, 0.1) is 5.03 Å². The highest BCUT2D eigenvalue weighted by molar-refractivity contribution is 6.59. The molecule has 0 fully saturated rings. The van der Waals surface area contributed by atoms with Crippen molar-refractivity contribution >= 4 is 63.6 Å². The number of aliphatic hydroxyl groups is 1. The Labute approximate surface area is 130 Å². The monoisotopic (exact) mass is 342 g/mol. The summed E-state index contributed by atoms with van der Waals surface area (Å²) in [5.74, 6) is -0.433. The molecule has 0 amide bonds. The Bertz CT molecular complexity index is 533. The highest BCUT2D eigenvalue weighted by Crippen LogP contribution is 2.51. The smallest absolute Gasteiger partial charge is 0.196 e. The molecule has 1 nitrogen and oxygen atoms in total. The Morgan fingerprint density at radius 1 is 1.00 bits per heavy atom. The number of hydrogen-bond donors (Lipinski definition) is 1. The highest BCUT2D eigenvalue weighted by Gasteiger charge is 2.47. The molecule has 1 unspecified atom stereocenters. The fourth-order valence-corrected chi connectivity index (χ4v) is 3.13. The minimum atomic E-state index is -1.71. The summed E-state index contributed by atoms with van der Waals surface area (Å²) in [6.07, 6.45) is 0. The molecule has 1 aromatic rings. The molecule has 0 aliphatic heterocycles. The molecular weight excluding hydrogens is 337 g/mol. The fourth-order valence-electron chi connectivity index (χ4n) is 1.67. The molecular formula is C12H7Cl5O. The molecule has 0 saturated carbocycles. The van der Waals surface area contributed by atoms with Crippen molar-refractivity contribution in [1.82, 2.24) is 0 Å². The summed E-state index contributed by atoms with van der Waals surface area (Å²) in [5.41, 5.74) is 1.24. The molecule has 18 heavy (non-hydrogen) atoms. The van der Waals surface area contributed by atoms with Crippen LogP contribution in [0.5, 0.6) is 0 Å². The van der Waals surface area contributed by atoms with Crippen LogP contribution in [-0.4, -0.2) is 14.8 Å². The Kier molecular flexibility index (Phi) is 4.10. The van der Waals surface area contributed by atoms with Crippen LogP contribution in [0.1, 0.15) is 5.56 Å². The van der Waals surface area contributed by atoms with E-state index in [4.69, 9.17) is 58.0 Å². The average Bonchev–Trinajstić information content (AvgIpc) is 2.36. The van der Waals surface area contributed by atoms with Gasteiger partial charge in [0.15, 0.2) is 10.1 Å². The van der Waals surface area contributed by atoms with E-state index in [9.17, 15) is 5.11 Å². The standard InChI is InChI=1S/C12H7Cl5O/c13-8-7(6-4-2-1-3-5-6)10(15)12(16,17)11(18)9(8)14/h1-5,10,18H. The molecule has 0 spiro atoms. The van der Waals surface area contributed by atoms with Gasteiger partial charge in [0.2, 0.25) is 0 Å². The first kappa shape index (κ1) is 14.4. The van der Waals surface area contributed by atoms with Gasteiger partial charge in [-0.15, -0.1) is 11.6 Å². The molecule has 0 saturated heterocycles. The lowest BCUT2D eigenvalue weighted by Gasteiger charge is -2.32. The van der Waals surface area contributed by atoms with Gasteiger partial charge in [-0.1, -0.05) is 76.7 Å². The summed E-state index contributed by atoms with van der Waals surface area (Å²) in [6.45, 7) is 0. The second-order valence-corrected chi connectivity index (χ2v) is 6.32. The van der Waals surface area contributed by atoms with Gasteiger partial charge in [-0.3, -0.25) is 0 Å². The van der Waals surface area contributed by atoms with E-state index in [0.717, 1.165) is 5.56 Å². The molecule has 0 heterocycles. The fraction of sp³-hybridized carbons (Fsp3) is 0.167. The Morgan fingerprint density at radius 3 is 2.11 bits per heavy atom. The van der Waals surface area contributed by atoms with Gasteiger partial charge in [0, 0.05) is 5.57 Å². The lowest BCUT2D eigenvalue weighted by atomic mass is 9.95. The van der Waals surface area contributed by atoms with Crippen LogP contribution in [0.15, 0.2) is 46.2 Å². The first-order valence-electron chi connectivity index (χ1n) is 4.94. The van der Waals surface area contributed by atoms with Crippen molar-refractivity contribution in [2.75, 3.05) is 0 Å². The summed E-state index contributed by atoms with van der Waals surface area (Å²) in [4.78, 5) is 0. The predicted molar refractivity (Wildman–Crippen MR) is 78.8 cm³/mol. The first-order valence-corrected chi connectivity index (χ1v) is 6.88. The Morgan fingerprint density at radius 2 is 1.56 bits per heavy atom. The first-order chi connectivity index (χ1) is 8.37. The number of halogens is 5. The maximum Gasteiger partial charge on any atom is 0.196 e. The quantitative estimate of drug-likeness (QED) is 0.673. The number of hydrogen-bond acceptors (Lipinski definition) is 1. The van der Waals surface area contributed by atoms with Gasteiger partial charge < -0.3 is 5.11 Å². The van der Waals surface area contributed by atoms with Gasteiger partial charge in [-0.05, 0) is 5.56 Å². The van der Waals surface area contributed by atoms with Crippen molar-refractivity contribution in [3.8, 4) is 0 Å². The van der Waals surface area contributed by atoms with E-state index in [1.807, 2.05) is 30.3 Å². The van der Waals surface area contributed by atoms with E-state index in [-0.39, 0.29) is 10.1 Å². The van der Waals surface area contributed by atoms with Crippen LogP contribution in [0.4, 0.5) is 0 Å². The third-order valence-corrected chi connectivity index (χ3v) is 5.03. The van der Waals surface area contributed by atoms with Crippen LogP contribution in [0.25, 0.3) is 5.57 Å². The van der Waals surface area contributed by atoms with Gasteiger partial charge >= 0.3 is 0 Å². The second kappa shape index (κ2) is 5.15. The van der Waals surface area contributed by atoms with E-state index in [2.05, 4.69) is 0 Å². The molecule has 1 atom stereocenters. The summed E-state index contributed by atoms with van der Waals surface area (Å²) in [5, 5.41) is 8.95. The lowest BCUT2D eigenvalue weighted by Crippen LogP contribution is -2.34. The summed E-state index contributed by atoms with van der Waals surface area (Å²) >= 11 is 30.3. The topological polar surface area (TPSA) is 20.2 Å². The zero-order valence-corrected chi connectivity index (χ0v) is 12.6. The van der Waals surface area contributed by atoms with Crippen LogP contribution in [0.3, 0.4) is 0 Å². The zero-order chi connectivity index (χ0) is 13.5. The van der Waals surface area contributed by atoms with E-state index < -0.39 is 15.5 Å². The third kappa shape index (κ3) is 2.23. The zero-order valence-electron chi connectivity index (χ0n) is 8.80. The SMILES string of the molecule is OC1=C(Cl)C(Cl)=C(c2ccccc2)C(Cl)C1(Cl)Cl. The van der Waals surface area contributed by atoms with Crippen LogP contribution in [-0.2, 0) is 0 Å². The summed E-state index contributed by atoms with van der Waals surface area (Å²) in [6, 6.07) is 9.12. The molecule has 6 heteroatoms.